The highest BCUT2D eigenvalue weighted by atomic mass is 32.2. The van der Waals surface area contributed by atoms with E-state index < -0.39 is 10.0 Å². The molecular formula is C23H22N4O5S. The molecule has 4 rings (SSSR count). The first-order valence-electron chi connectivity index (χ1n) is 10.3. The second kappa shape index (κ2) is 8.99. The lowest BCUT2D eigenvalue weighted by atomic mass is 10.1. The largest absolute Gasteiger partial charge is 0.466 e. The summed E-state index contributed by atoms with van der Waals surface area (Å²) in [5, 5.41) is 5.72. The quantitative estimate of drug-likeness (QED) is 0.416. The van der Waals surface area contributed by atoms with Crippen LogP contribution in [0.1, 0.15) is 13.3 Å². The number of hydrogen-bond acceptors (Lipinski definition) is 7. The third kappa shape index (κ3) is 5.17. The van der Waals surface area contributed by atoms with Crippen LogP contribution in [0.3, 0.4) is 0 Å². The predicted octanol–water partition coefficient (Wildman–Crippen LogP) is 2.94. The number of esters is 1. The molecule has 0 aliphatic heterocycles. The maximum absolute atomic E-state index is 13.3. The number of nitrogens with one attached hydrogen (secondary N) is 1. The van der Waals surface area contributed by atoms with Crippen molar-refractivity contribution in [2.75, 3.05) is 17.6 Å². The van der Waals surface area contributed by atoms with Gasteiger partial charge in [-0.1, -0.05) is 12.1 Å². The molecule has 0 unspecified atom stereocenters. The summed E-state index contributed by atoms with van der Waals surface area (Å²) in [6.45, 7) is 2.47. The van der Waals surface area contributed by atoms with Crippen molar-refractivity contribution in [2.24, 2.45) is 0 Å². The lowest BCUT2D eigenvalue weighted by Crippen LogP contribution is -2.10. The molecule has 4 aromatic rings. The molecule has 0 fully saturated rings. The van der Waals surface area contributed by atoms with Gasteiger partial charge in [0.2, 0.25) is 10.0 Å². The second-order valence-electron chi connectivity index (χ2n) is 7.54. The standard InChI is InChI=1S/C23H22N4O5S/c1-3-32-22(28)8-9-27-14-17(13-25-27)16-10-20-21(24-12-16)7-5-15-4-6-18(26-33(2,30)31)11-19(15)23(20)29/h4-7,10-14,26H,3,8-9H2,1-2H3. The van der Waals surface area contributed by atoms with Gasteiger partial charge >= 0.3 is 5.97 Å². The molecule has 9 nitrogen and oxygen atoms in total. The van der Waals surface area contributed by atoms with E-state index in [1.54, 1.807) is 60.5 Å². The summed E-state index contributed by atoms with van der Waals surface area (Å²) >= 11 is 0. The number of fused-ring (bicyclic) bond motifs is 2. The predicted molar refractivity (Wildman–Crippen MR) is 126 cm³/mol. The number of anilines is 1. The number of carbonyl (C=O) groups excluding carboxylic acids is 1. The minimum Gasteiger partial charge on any atom is -0.466 e. The first-order valence-corrected chi connectivity index (χ1v) is 12.2. The van der Waals surface area contributed by atoms with E-state index in [0.717, 1.165) is 11.8 Å². The second-order valence-corrected chi connectivity index (χ2v) is 9.29. The summed E-state index contributed by atoms with van der Waals surface area (Å²) in [5.41, 5.74) is 2.03. The molecule has 1 N–H and O–H groups in total. The van der Waals surface area contributed by atoms with Gasteiger partial charge in [0.05, 0.1) is 37.5 Å². The Hall–Kier alpha value is -3.79. The number of pyridine rings is 1. The van der Waals surface area contributed by atoms with Gasteiger partial charge < -0.3 is 4.74 Å². The van der Waals surface area contributed by atoms with Crippen LogP contribution in [-0.4, -0.2) is 42.0 Å². The van der Waals surface area contributed by atoms with E-state index in [2.05, 4.69) is 14.8 Å². The average molecular weight is 467 g/mol. The fourth-order valence-electron chi connectivity index (χ4n) is 3.51. The van der Waals surface area contributed by atoms with E-state index in [1.165, 1.54) is 6.07 Å². The molecule has 0 atom stereocenters. The van der Waals surface area contributed by atoms with Crippen LogP contribution in [0.4, 0.5) is 5.69 Å². The topological polar surface area (TPSA) is 120 Å². The molecule has 0 aliphatic carbocycles. The zero-order valence-electron chi connectivity index (χ0n) is 18.1. The molecule has 2 aromatic heterocycles. The van der Waals surface area contributed by atoms with Crippen LogP contribution in [0.25, 0.3) is 32.8 Å². The average Bonchev–Trinajstić information content (AvgIpc) is 3.19. The zero-order chi connectivity index (χ0) is 23.6. The number of nitrogens with zero attached hydrogens (tertiary/aromatic N) is 3. The number of aromatic nitrogens is 3. The van der Waals surface area contributed by atoms with Gasteiger partial charge in [0.25, 0.3) is 0 Å². The molecule has 0 saturated carbocycles. The van der Waals surface area contributed by atoms with Gasteiger partial charge in [0.15, 0.2) is 5.43 Å². The van der Waals surface area contributed by atoms with Gasteiger partial charge in [-0.05, 0) is 36.6 Å². The number of rotatable bonds is 7. The molecule has 10 heteroatoms. The van der Waals surface area contributed by atoms with Crippen molar-refractivity contribution in [1.29, 1.82) is 0 Å². The molecule has 2 heterocycles. The van der Waals surface area contributed by atoms with Crippen LogP contribution in [0.2, 0.25) is 0 Å². The smallest absolute Gasteiger partial charge is 0.307 e. The number of benzene rings is 1. The number of carbonyl (C=O) groups is 1. The van der Waals surface area contributed by atoms with E-state index >= 15 is 0 Å². The highest BCUT2D eigenvalue weighted by Gasteiger charge is 2.10. The van der Waals surface area contributed by atoms with Gasteiger partial charge in [0.1, 0.15) is 0 Å². The summed E-state index contributed by atoms with van der Waals surface area (Å²) in [4.78, 5) is 29.4. The number of hydrogen-bond donors (Lipinski definition) is 1. The van der Waals surface area contributed by atoms with Crippen molar-refractivity contribution in [2.45, 2.75) is 19.9 Å². The Morgan fingerprint density at radius 2 is 1.88 bits per heavy atom. The zero-order valence-corrected chi connectivity index (χ0v) is 18.9. The molecule has 2 aromatic carbocycles. The van der Waals surface area contributed by atoms with E-state index in [-0.39, 0.29) is 17.8 Å². The summed E-state index contributed by atoms with van der Waals surface area (Å²) < 4.78 is 32.1. The van der Waals surface area contributed by atoms with Crippen molar-refractivity contribution in [3.8, 4) is 11.1 Å². The Morgan fingerprint density at radius 1 is 1.09 bits per heavy atom. The van der Waals surface area contributed by atoms with Gasteiger partial charge in [-0.2, -0.15) is 5.10 Å². The number of sulfonamides is 1. The molecular weight excluding hydrogens is 444 g/mol. The maximum atomic E-state index is 13.3. The Balaban J connectivity index is 1.73. The Labute approximate surface area is 190 Å². The molecule has 0 saturated heterocycles. The van der Waals surface area contributed by atoms with Crippen molar-refractivity contribution in [3.05, 3.63) is 65.2 Å². The first kappa shape index (κ1) is 22.4. The molecule has 0 bridgehead atoms. The maximum Gasteiger partial charge on any atom is 0.307 e. The lowest BCUT2D eigenvalue weighted by molar-refractivity contribution is -0.143. The molecule has 0 radical (unpaired) electrons. The SMILES string of the molecule is CCOC(=O)CCn1cc(-c2cnc3ccc4ccc(NS(C)(=O)=O)cc4c(=O)c3c2)cn1. The Kier molecular flexibility index (Phi) is 6.10. The van der Waals surface area contributed by atoms with Crippen molar-refractivity contribution in [1.82, 2.24) is 14.8 Å². The fraction of sp³-hybridized carbons (Fsp3) is 0.217. The molecule has 0 aliphatic rings. The van der Waals surface area contributed by atoms with Crippen molar-refractivity contribution < 1.29 is 17.9 Å². The van der Waals surface area contributed by atoms with Crippen LogP contribution in [-0.2, 0) is 26.1 Å². The number of ether oxygens (including phenoxy) is 1. The highest BCUT2D eigenvalue weighted by Crippen LogP contribution is 2.23. The molecule has 0 amide bonds. The van der Waals surface area contributed by atoms with Gasteiger partial charge in [-0.3, -0.25) is 24.0 Å². The fourth-order valence-corrected chi connectivity index (χ4v) is 4.07. The molecule has 0 spiro atoms. The third-order valence-corrected chi connectivity index (χ3v) is 5.61. The van der Waals surface area contributed by atoms with Crippen LogP contribution in [0, 0.1) is 0 Å². The van der Waals surface area contributed by atoms with Crippen LogP contribution < -0.4 is 10.2 Å². The molecule has 170 valence electrons. The Morgan fingerprint density at radius 3 is 2.64 bits per heavy atom. The van der Waals surface area contributed by atoms with Gasteiger partial charge in [-0.15, -0.1) is 0 Å². The van der Waals surface area contributed by atoms with Crippen molar-refractivity contribution in [3.63, 3.8) is 0 Å². The summed E-state index contributed by atoms with van der Waals surface area (Å²) in [5.74, 6) is -0.290. The third-order valence-electron chi connectivity index (χ3n) is 5.00. The normalized spacial score (nSPS) is 11.6. The minimum atomic E-state index is -3.47. The van der Waals surface area contributed by atoms with E-state index in [9.17, 15) is 18.0 Å². The first-order chi connectivity index (χ1) is 15.7. The minimum absolute atomic E-state index is 0.210. The monoisotopic (exact) mass is 466 g/mol. The van der Waals surface area contributed by atoms with Gasteiger partial charge in [-0.25, -0.2) is 8.42 Å². The number of aryl methyl sites for hydroxylation is 1. The van der Waals surface area contributed by atoms with Crippen LogP contribution in [0.5, 0.6) is 0 Å². The lowest BCUT2D eigenvalue weighted by Gasteiger charge is -2.04. The molecule has 33 heavy (non-hydrogen) atoms. The summed E-state index contributed by atoms with van der Waals surface area (Å²) in [6, 6.07) is 10.1. The summed E-state index contributed by atoms with van der Waals surface area (Å²) in [7, 11) is -3.47. The highest BCUT2D eigenvalue weighted by molar-refractivity contribution is 7.92. The van der Waals surface area contributed by atoms with E-state index in [4.69, 9.17) is 4.74 Å². The van der Waals surface area contributed by atoms with Gasteiger partial charge in [0, 0.05) is 40.0 Å². The Bertz CT molecular complexity index is 1530. The van der Waals surface area contributed by atoms with Crippen LogP contribution >= 0.6 is 0 Å². The van der Waals surface area contributed by atoms with E-state index in [0.29, 0.717) is 46.1 Å². The van der Waals surface area contributed by atoms with E-state index in [1.807, 2.05) is 0 Å². The summed E-state index contributed by atoms with van der Waals surface area (Å²) in [6.07, 6.45) is 6.35. The van der Waals surface area contributed by atoms with Crippen molar-refractivity contribution >= 4 is 43.4 Å². The van der Waals surface area contributed by atoms with Crippen LogP contribution in [0.15, 0.2) is 59.8 Å².